The molecule has 1 atom stereocenters. The van der Waals surface area contributed by atoms with Crippen LogP contribution in [0.4, 0.5) is 0 Å². The van der Waals surface area contributed by atoms with Gasteiger partial charge in [-0.25, -0.2) is 0 Å². The number of likely N-dealkylation sites (tertiary alicyclic amines) is 1. The fraction of sp³-hybridized carbons (Fsp3) is 0.500. The summed E-state index contributed by atoms with van der Waals surface area (Å²) in [6.45, 7) is 1.62. The van der Waals surface area contributed by atoms with Gasteiger partial charge >= 0.3 is 5.97 Å². The normalized spacial score (nSPS) is 18.6. The Morgan fingerprint density at radius 1 is 1.26 bits per heavy atom. The fourth-order valence-electron chi connectivity index (χ4n) is 2.25. The maximum Gasteiger partial charge on any atom is 0.323 e. The summed E-state index contributed by atoms with van der Waals surface area (Å²) in [5.74, 6) is 1.25. The molecule has 5 nitrogen and oxygen atoms in total. The predicted molar refractivity (Wildman–Crippen MR) is 70.4 cm³/mol. The summed E-state index contributed by atoms with van der Waals surface area (Å²) >= 11 is 0. The van der Waals surface area contributed by atoms with Crippen molar-refractivity contribution in [1.82, 2.24) is 4.90 Å². The highest BCUT2D eigenvalue weighted by Crippen LogP contribution is 2.29. The average Bonchev–Trinajstić information content (AvgIpc) is 2.42. The van der Waals surface area contributed by atoms with Gasteiger partial charge in [0.25, 0.3) is 0 Å². The number of nitrogens with zero attached hydrogens (tertiary/aromatic N) is 1. The van der Waals surface area contributed by atoms with Crippen LogP contribution in [0.3, 0.4) is 0 Å². The molecule has 0 bridgehead atoms. The van der Waals surface area contributed by atoms with Gasteiger partial charge in [-0.3, -0.25) is 9.69 Å². The second kappa shape index (κ2) is 5.93. The van der Waals surface area contributed by atoms with Crippen molar-refractivity contribution in [2.24, 2.45) is 0 Å². The average molecular weight is 265 g/mol. The smallest absolute Gasteiger partial charge is 0.323 e. The summed E-state index contributed by atoms with van der Waals surface area (Å²) < 4.78 is 15.2. The van der Waals surface area contributed by atoms with Crippen LogP contribution in [-0.4, -0.2) is 44.8 Å². The third-order valence-electron chi connectivity index (χ3n) is 3.44. The van der Waals surface area contributed by atoms with Crippen LogP contribution in [0.5, 0.6) is 11.5 Å². The number of benzene rings is 1. The van der Waals surface area contributed by atoms with Crippen LogP contribution in [0.25, 0.3) is 0 Å². The molecule has 1 fully saturated rings. The van der Waals surface area contributed by atoms with Crippen molar-refractivity contribution in [2.75, 3.05) is 27.9 Å². The zero-order chi connectivity index (χ0) is 13.8. The van der Waals surface area contributed by atoms with Crippen molar-refractivity contribution < 1.29 is 19.0 Å². The third-order valence-corrected chi connectivity index (χ3v) is 3.44. The maximum absolute atomic E-state index is 11.5. The van der Waals surface area contributed by atoms with Crippen molar-refractivity contribution >= 4 is 5.97 Å². The molecule has 0 spiro atoms. The van der Waals surface area contributed by atoms with Gasteiger partial charge in [0.15, 0.2) is 11.5 Å². The molecule has 1 aromatic carbocycles. The second-order valence-corrected chi connectivity index (χ2v) is 4.49. The molecule has 1 heterocycles. The van der Waals surface area contributed by atoms with Crippen LogP contribution < -0.4 is 9.47 Å². The monoisotopic (exact) mass is 265 g/mol. The molecule has 104 valence electrons. The minimum atomic E-state index is -0.160. The number of esters is 1. The number of hydrogen-bond donors (Lipinski definition) is 0. The highest BCUT2D eigenvalue weighted by atomic mass is 16.5. The summed E-state index contributed by atoms with van der Waals surface area (Å²) in [4.78, 5) is 13.6. The lowest BCUT2D eigenvalue weighted by atomic mass is 10.0. The molecule has 0 saturated carbocycles. The molecule has 5 heteroatoms. The Balaban J connectivity index is 2.05. The Labute approximate surface area is 113 Å². The van der Waals surface area contributed by atoms with Crippen LogP contribution in [-0.2, 0) is 16.1 Å². The molecule has 0 aliphatic carbocycles. The van der Waals surface area contributed by atoms with Crippen LogP contribution in [0.1, 0.15) is 12.0 Å². The lowest BCUT2D eigenvalue weighted by molar-refractivity contribution is -0.152. The number of carbonyl (C=O) groups is 1. The van der Waals surface area contributed by atoms with Crippen molar-refractivity contribution in [1.29, 1.82) is 0 Å². The summed E-state index contributed by atoms with van der Waals surface area (Å²) in [7, 11) is 4.65. The van der Waals surface area contributed by atoms with Gasteiger partial charge in [0.2, 0.25) is 0 Å². The van der Waals surface area contributed by atoms with E-state index in [2.05, 4.69) is 4.90 Å². The highest BCUT2D eigenvalue weighted by molar-refractivity contribution is 5.76. The molecule has 0 radical (unpaired) electrons. The summed E-state index contributed by atoms with van der Waals surface area (Å²) in [6, 6.07) is 5.68. The minimum absolute atomic E-state index is 0.113. The molecule has 1 aliphatic heterocycles. The van der Waals surface area contributed by atoms with Crippen molar-refractivity contribution in [2.45, 2.75) is 19.0 Å². The van der Waals surface area contributed by atoms with Gasteiger partial charge in [-0.1, -0.05) is 6.07 Å². The van der Waals surface area contributed by atoms with E-state index in [1.54, 1.807) is 14.2 Å². The lowest BCUT2D eigenvalue weighted by Gasteiger charge is -2.38. The Morgan fingerprint density at radius 2 is 2.00 bits per heavy atom. The number of rotatable bonds is 5. The van der Waals surface area contributed by atoms with Crippen LogP contribution in [0.2, 0.25) is 0 Å². The zero-order valence-electron chi connectivity index (χ0n) is 11.5. The van der Waals surface area contributed by atoms with Crippen molar-refractivity contribution in [3.63, 3.8) is 0 Å². The Bertz CT molecular complexity index is 461. The van der Waals surface area contributed by atoms with E-state index in [0.717, 1.165) is 18.5 Å². The SMILES string of the molecule is COC(=O)C1CCN1Cc1ccc(OC)c(OC)c1. The third kappa shape index (κ3) is 2.81. The van der Waals surface area contributed by atoms with E-state index < -0.39 is 0 Å². The first-order valence-corrected chi connectivity index (χ1v) is 6.22. The maximum atomic E-state index is 11.5. The van der Waals surface area contributed by atoms with Gasteiger partial charge in [0.1, 0.15) is 6.04 Å². The summed E-state index contributed by atoms with van der Waals surface area (Å²) in [5, 5.41) is 0. The molecule has 0 N–H and O–H groups in total. The molecule has 0 aromatic heterocycles. The molecule has 0 amide bonds. The molecule has 1 aliphatic rings. The number of methoxy groups -OCH3 is 3. The second-order valence-electron chi connectivity index (χ2n) is 4.49. The van der Waals surface area contributed by atoms with Gasteiger partial charge in [0, 0.05) is 13.1 Å². The number of carbonyl (C=O) groups excluding carboxylic acids is 1. The quantitative estimate of drug-likeness (QED) is 0.754. The Hall–Kier alpha value is -1.75. The van der Waals surface area contributed by atoms with Gasteiger partial charge < -0.3 is 14.2 Å². The first-order chi connectivity index (χ1) is 9.19. The molecular formula is C14H19NO4. The van der Waals surface area contributed by atoms with Gasteiger partial charge in [0.05, 0.1) is 21.3 Å². The molecule has 19 heavy (non-hydrogen) atoms. The standard InChI is InChI=1S/C14H19NO4/c1-17-12-5-4-10(8-13(12)18-2)9-15-7-6-11(15)14(16)19-3/h4-5,8,11H,6-7,9H2,1-3H3. The highest BCUT2D eigenvalue weighted by Gasteiger charge is 2.34. The van der Waals surface area contributed by atoms with Crippen LogP contribution >= 0.6 is 0 Å². The van der Waals surface area contributed by atoms with E-state index in [4.69, 9.17) is 14.2 Å². The van der Waals surface area contributed by atoms with Gasteiger partial charge in [-0.05, 0) is 24.1 Å². The van der Waals surface area contributed by atoms with E-state index in [1.165, 1.54) is 7.11 Å². The fourth-order valence-corrected chi connectivity index (χ4v) is 2.25. The van der Waals surface area contributed by atoms with Gasteiger partial charge in [-0.15, -0.1) is 0 Å². The topological polar surface area (TPSA) is 48.0 Å². The van der Waals surface area contributed by atoms with Crippen LogP contribution in [0, 0.1) is 0 Å². The molecule has 2 rings (SSSR count). The van der Waals surface area contributed by atoms with E-state index in [-0.39, 0.29) is 12.0 Å². The van der Waals surface area contributed by atoms with E-state index in [9.17, 15) is 4.79 Å². The predicted octanol–water partition coefficient (Wildman–Crippen LogP) is 1.45. The van der Waals surface area contributed by atoms with Gasteiger partial charge in [-0.2, -0.15) is 0 Å². The minimum Gasteiger partial charge on any atom is -0.493 e. The first kappa shape index (κ1) is 13.7. The van der Waals surface area contributed by atoms with E-state index in [1.807, 2.05) is 18.2 Å². The molecule has 1 aromatic rings. The van der Waals surface area contributed by atoms with Crippen molar-refractivity contribution in [3.8, 4) is 11.5 Å². The largest absolute Gasteiger partial charge is 0.493 e. The lowest BCUT2D eigenvalue weighted by Crippen LogP contribution is -2.52. The van der Waals surface area contributed by atoms with Crippen LogP contribution in [0.15, 0.2) is 18.2 Å². The van der Waals surface area contributed by atoms with E-state index in [0.29, 0.717) is 18.0 Å². The Kier molecular flexibility index (Phi) is 4.27. The molecular weight excluding hydrogens is 246 g/mol. The molecule has 1 unspecified atom stereocenters. The van der Waals surface area contributed by atoms with Crippen molar-refractivity contribution in [3.05, 3.63) is 23.8 Å². The molecule has 1 saturated heterocycles. The first-order valence-electron chi connectivity index (χ1n) is 6.22. The van der Waals surface area contributed by atoms with E-state index >= 15 is 0 Å². The number of hydrogen-bond acceptors (Lipinski definition) is 5. The zero-order valence-corrected chi connectivity index (χ0v) is 11.5. The number of ether oxygens (including phenoxy) is 3. The summed E-state index contributed by atoms with van der Waals surface area (Å²) in [6.07, 6.45) is 0.861. The summed E-state index contributed by atoms with van der Waals surface area (Å²) in [5.41, 5.74) is 1.09. The Morgan fingerprint density at radius 3 is 2.53 bits per heavy atom.